The Labute approximate surface area is 152 Å². The molecule has 0 unspecified atom stereocenters. The molecule has 6 nitrogen and oxygen atoms in total. The first kappa shape index (κ1) is 17.5. The number of pyridine rings is 1. The molecule has 26 heavy (non-hydrogen) atoms. The van der Waals surface area contributed by atoms with Gasteiger partial charge in [0.1, 0.15) is 11.4 Å². The molecule has 0 aliphatic heterocycles. The summed E-state index contributed by atoms with van der Waals surface area (Å²) in [5, 5.41) is 0. The van der Waals surface area contributed by atoms with E-state index in [2.05, 4.69) is 15.0 Å². The van der Waals surface area contributed by atoms with Gasteiger partial charge in [0.05, 0.1) is 25.5 Å². The molecule has 0 spiro atoms. The number of hydrogen-bond donors (Lipinski definition) is 0. The van der Waals surface area contributed by atoms with E-state index in [0.717, 1.165) is 22.6 Å². The number of rotatable bonds is 6. The topological polar surface area (TPSA) is 68.2 Å². The van der Waals surface area contributed by atoms with Crippen molar-refractivity contribution < 1.29 is 9.53 Å². The van der Waals surface area contributed by atoms with Gasteiger partial charge in [-0.15, -0.1) is 0 Å². The Bertz CT molecular complexity index is 866. The molecule has 3 aromatic rings. The van der Waals surface area contributed by atoms with Crippen molar-refractivity contribution in [1.29, 1.82) is 0 Å². The molecule has 132 valence electrons. The van der Waals surface area contributed by atoms with Crippen molar-refractivity contribution in [2.45, 2.75) is 20.0 Å². The molecule has 0 N–H and O–H groups in total. The van der Waals surface area contributed by atoms with Crippen molar-refractivity contribution in [1.82, 2.24) is 19.9 Å². The van der Waals surface area contributed by atoms with Crippen LogP contribution in [0.25, 0.3) is 0 Å². The van der Waals surface area contributed by atoms with Gasteiger partial charge in [-0.2, -0.15) is 0 Å². The van der Waals surface area contributed by atoms with Crippen LogP contribution in [-0.2, 0) is 13.1 Å². The first-order chi connectivity index (χ1) is 12.7. The van der Waals surface area contributed by atoms with Gasteiger partial charge in [0.25, 0.3) is 5.91 Å². The second kappa shape index (κ2) is 8.20. The molecule has 1 aromatic carbocycles. The highest BCUT2D eigenvalue weighted by Crippen LogP contribution is 2.21. The quantitative estimate of drug-likeness (QED) is 0.685. The number of amides is 1. The standard InChI is InChI=1S/C20H20N4O2/c1-15-10-23-18(12-22-15)20(25)24(13-16-6-5-9-21-11-16)14-17-7-3-4-8-19(17)26-2/h3-12H,13-14H2,1-2H3. The van der Waals surface area contributed by atoms with Gasteiger partial charge < -0.3 is 9.64 Å². The van der Waals surface area contributed by atoms with E-state index in [-0.39, 0.29) is 5.91 Å². The number of aromatic nitrogens is 3. The first-order valence-corrected chi connectivity index (χ1v) is 8.26. The number of aryl methyl sites for hydroxylation is 1. The molecule has 2 aromatic heterocycles. The lowest BCUT2D eigenvalue weighted by Crippen LogP contribution is -2.31. The highest BCUT2D eigenvalue weighted by Gasteiger charge is 2.20. The van der Waals surface area contributed by atoms with Crippen LogP contribution in [0.15, 0.2) is 61.2 Å². The maximum atomic E-state index is 13.0. The van der Waals surface area contributed by atoms with Crippen molar-refractivity contribution in [3.05, 3.63) is 83.7 Å². The molecule has 0 aliphatic carbocycles. The van der Waals surface area contributed by atoms with Crippen molar-refractivity contribution in [3.63, 3.8) is 0 Å². The van der Waals surface area contributed by atoms with Gasteiger partial charge in [-0.1, -0.05) is 24.3 Å². The maximum absolute atomic E-state index is 13.0. The fourth-order valence-electron chi connectivity index (χ4n) is 2.62. The highest BCUT2D eigenvalue weighted by atomic mass is 16.5. The van der Waals surface area contributed by atoms with Crippen LogP contribution in [0.2, 0.25) is 0 Å². The number of hydrogen-bond acceptors (Lipinski definition) is 5. The molecule has 2 heterocycles. The number of nitrogens with zero attached hydrogens (tertiary/aromatic N) is 4. The molecule has 0 atom stereocenters. The summed E-state index contributed by atoms with van der Waals surface area (Å²) in [6, 6.07) is 11.5. The number of methoxy groups -OCH3 is 1. The molecule has 0 radical (unpaired) electrons. The SMILES string of the molecule is COc1ccccc1CN(Cc1cccnc1)C(=O)c1cnc(C)cn1. The van der Waals surface area contributed by atoms with Crippen molar-refractivity contribution in [2.75, 3.05) is 7.11 Å². The van der Waals surface area contributed by atoms with Crippen LogP contribution < -0.4 is 4.74 Å². The minimum atomic E-state index is -0.188. The number of para-hydroxylation sites is 1. The Morgan fingerprint density at radius 1 is 1.04 bits per heavy atom. The largest absolute Gasteiger partial charge is 0.496 e. The molecule has 1 amide bonds. The predicted octanol–water partition coefficient (Wildman–Crippen LogP) is 3.03. The van der Waals surface area contributed by atoms with E-state index in [4.69, 9.17) is 4.74 Å². The van der Waals surface area contributed by atoms with Gasteiger partial charge in [-0.05, 0) is 24.6 Å². The minimum absolute atomic E-state index is 0.188. The summed E-state index contributed by atoms with van der Waals surface area (Å²) in [7, 11) is 1.62. The Morgan fingerprint density at radius 2 is 1.88 bits per heavy atom. The third-order valence-electron chi connectivity index (χ3n) is 3.94. The van der Waals surface area contributed by atoms with Crippen LogP contribution in [-0.4, -0.2) is 32.9 Å². The molecule has 3 rings (SSSR count). The third kappa shape index (κ3) is 4.22. The summed E-state index contributed by atoms with van der Waals surface area (Å²) < 4.78 is 5.42. The zero-order valence-corrected chi connectivity index (χ0v) is 14.8. The molecular weight excluding hydrogens is 328 g/mol. The molecule has 0 saturated heterocycles. The van der Waals surface area contributed by atoms with Gasteiger partial charge in [-0.3, -0.25) is 14.8 Å². The van der Waals surface area contributed by atoms with E-state index in [1.165, 1.54) is 6.20 Å². The number of ether oxygens (including phenoxy) is 1. The van der Waals surface area contributed by atoms with Gasteiger partial charge in [-0.25, -0.2) is 4.98 Å². The smallest absolute Gasteiger partial charge is 0.274 e. The first-order valence-electron chi connectivity index (χ1n) is 8.26. The number of carbonyl (C=O) groups is 1. The molecule has 6 heteroatoms. The fraction of sp³-hybridized carbons (Fsp3) is 0.200. The second-order valence-corrected chi connectivity index (χ2v) is 5.88. The van der Waals surface area contributed by atoms with E-state index in [0.29, 0.717) is 18.8 Å². The van der Waals surface area contributed by atoms with Crippen molar-refractivity contribution in [2.24, 2.45) is 0 Å². The Hall–Kier alpha value is -3.28. The third-order valence-corrected chi connectivity index (χ3v) is 3.94. The Kier molecular flexibility index (Phi) is 5.53. The summed E-state index contributed by atoms with van der Waals surface area (Å²) >= 11 is 0. The van der Waals surface area contributed by atoms with Gasteiger partial charge >= 0.3 is 0 Å². The fourth-order valence-corrected chi connectivity index (χ4v) is 2.62. The summed E-state index contributed by atoms with van der Waals surface area (Å²) in [4.78, 5) is 27.3. The second-order valence-electron chi connectivity index (χ2n) is 5.88. The lowest BCUT2D eigenvalue weighted by molar-refractivity contribution is 0.0722. The van der Waals surface area contributed by atoms with Gasteiger partial charge in [0.15, 0.2) is 0 Å². The Morgan fingerprint density at radius 3 is 2.58 bits per heavy atom. The maximum Gasteiger partial charge on any atom is 0.274 e. The van der Waals surface area contributed by atoms with Crippen LogP contribution in [0, 0.1) is 6.92 Å². The molecule has 0 aliphatic rings. The molecule has 0 saturated carbocycles. The van der Waals surface area contributed by atoms with Crippen LogP contribution in [0.4, 0.5) is 0 Å². The van der Waals surface area contributed by atoms with Crippen LogP contribution in [0.5, 0.6) is 5.75 Å². The number of benzene rings is 1. The highest BCUT2D eigenvalue weighted by molar-refractivity contribution is 5.92. The van der Waals surface area contributed by atoms with Crippen LogP contribution >= 0.6 is 0 Å². The average Bonchev–Trinajstić information content (AvgIpc) is 2.69. The molecule has 0 fully saturated rings. The summed E-state index contributed by atoms with van der Waals surface area (Å²) in [5.41, 5.74) is 2.95. The van der Waals surface area contributed by atoms with E-state index < -0.39 is 0 Å². The van der Waals surface area contributed by atoms with Gasteiger partial charge in [0.2, 0.25) is 0 Å². The summed E-state index contributed by atoms with van der Waals surface area (Å²) in [6.07, 6.45) is 6.57. The van der Waals surface area contributed by atoms with Crippen LogP contribution in [0.1, 0.15) is 27.3 Å². The summed E-state index contributed by atoms with van der Waals surface area (Å²) in [6.45, 7) is 2.65. The zero-order chi connectivity index (χ0) is 18.4. The minimum Gasteiger partial charge on any atom is -0.496 e. The molecule has 0 bridgehead atoms. The van der Waals surface area contributed by atoms with E-state index in [1.807, 2.05) is 43.3 Å². The molecular formula is C20H20N4O2. The van der Waals surface area contributed by atoms with Gasteiger partial charge in [0, 0.05) is 30.7 Å². The normalized spacial score (nSPS) is 10.4. The van der Waals surface area contributed by atoms with Crippen molar-refractivity contribution >= 4 is 5.91 Å². The predicted molar refractivity (Wildman–Crippen MR) is 97.6 cm³/mol. The average molecular weight is 348 g/mol. The van der Waals surface area contributed by atoms with E-state index in [9.17, 15) is 4.79 Å². The lowest BCUT2D eigenvalue weighted by Gasteiger charge is -2.23. The summed E-state index contributed by atoms with van der Waals surface area (Å²) in [5.74, 6) is 0.554. The van der Waals surface area contributed by atoms with E-state index in [1.54, 1.807) is 30.6 Å². The van der Waals surface area contributed by atoms with Crippen molar-refractivity contribution in [3.8, 4) is 5.75 Å². The zero-order valence-electron chi connectivity index (χ0n) is 14.8. The lowest BCUT2D eigenvalue weighted by atomic mass is 10.1. The Balaban J connectivity index is 1.90. The van der Waals surface area contributed by atoms with E-state index >= 15 is 0 Å². The number of carbonyl (C=O) groups excluding carboxylic acids is 1. The van der Waals surface area contributed by atoms with Crippen LogP contribution in [0.3, 0.4) is 0 Å². The monoisotopic (exact) mass is 348 g/mol.